The molecule has 8 nitrogen and oxygen atoms in total. The molecule has 0 fully saturated rings. The molecule has 0 atom stereocenters. The predicted octanol–water partition coefficient (Wildman–Crippen LogP) is 3.98. The molecule has 8 heteroatoms. The zero-order valence-electron chi connectivity index (χ0n) is 17.3. The average molecular weight is 428 g/mol. The fourth-order valence-corrected chi connectivity index (χ4v) is 3.62. The lowest BCUT2D eigenvalue weighted by Gasteiger charge is -2.23. The van der Waals surface area contributed by atoms with Crippen LogP contribution in [0.2, 0.25) is 0 Å². The third-order valence-corrected chi connectivity index (χ3v) is 5.24. The number of amides is 1. The van der Waals surface area contributed by atoms with Crippen molar-refractivity contribution in [2.24, 2.45) is 0 Å². The van der Waals surface area contributed by atoms with Crippen LogP contribution in [0, 0.1) is 17.0 Å². The van der Waals surface area contributed by atoms with Crippen LogP contribution in [0.5, 0.6) is 0 Å². The van der Waals surface area contributed by atoms with E-state index >= 15 is 0 Å². The van der Waals surface area contributed by atoms with Crippen molar-refractivity contribution in [1.29, 1.82) is 0 Å². The second-order valence-corrected chi connectivity index (χ2v) is 7.38. The summed E-state index contributed by atoms with van der Waals surface area (Å²) in [4.78, 5) is 45.6. The maximum Gasteiger partial charge on any atom is 0.273 e. The number of fused-ring (bicyclic) bond motifs is 1. The number of nitro groups is 1. The van der Waals surface area contributed by atoms with Gasteiger partial charge < -0.3 is 9.88 Å². The summed E-state index contributed by atoms with van der Waals surface area (Å²) in [6.45, 7) is 1.84. The molecule has 160 valence electrons. The first kappa shape index (κ1) is 20.9. The van der Waals surface area contributed by atoms with E-state index in [1.807, 2.05) is 30.3 Å². The monoisotopic (exact) mass is 428 g/mol. The molecule has 1 N–H and O–H groups in total. The first-order valence-corrected chi connectivity index (χ1v) is 9.99. The number of aromatic amines is 1. The first-order chi connectivity index (χ1) is 15.4. The van der Waals surface area contributed by atoms with Crippen LogP contribution in [0.25, 0.3) is 10.9 Å². The van der Waals surface area contributed by atoms with Crippen LogP contribution in [-0.4, -0.2) is 25.7 Å². The molecule has 0 bridgehead atoms. The van der Waals surface area contributed by atoms with Crippen molar-refractivity contribution in [2.45, 2.75) is 20.0 Å². The van der Waals surface area contributed by atoms with Gasteiger partial charge in [-0.25, -0.2) is 4.98 Å². The van der Waals surface area contributed by atoms with Gasteiger partial charge >= 0.3 is 0 Å². The van der Waals surface area contributed by atoms with Crippen molar-refractivity contribution in [3.8, 4) is 0 Å². The molecule has 4 aromatic rings. The van der Waals surface area contributed by atoms with Gasteiger partial charge in [0.25, 0.3) is 17.2 Å². The molecule has 0 saturated carbocycles. The molecular weight excluding hydrogens is 408 g/mol. The maximum atomic E-state index is 13.5. The number of H-pyrrole nitrogens is 1. The lowest BCUT2D eigenvalue weighted by Crippen LogP contribution is -2.32. The normalized spacial score (nSPS) is 10.8. The van der Waals surface area contributed by atoms with Crippen LogP contribution in [0.15, 0.2) is 77.6 Å². The molecule has 32 heavy (non-hydrogen) atoms. The van der Waals surface area contributed by atoms with Crippen molar-refractivity contribution >= 4 is 22.5 Å². The Bertz CT molecular complexity index is 1370. The topological polar surface area (TPSA) is 109 Å². The Kier molecular flexibility index (Phi) is 5.76. The minimum Gasteiger partial charge on any atom is -0.327 e. The van der Waals surface area contributed by atoms with Crippen molar-refractivity contribution in [2.75, 3.05) is 0 Å². The van der Waals surface area contributed by atoms with E-state index in [-0.39, 0.29) is 35.8 Å². The minimum absolute atomic E-state index is 0.0376. The number of nitro benzene ring substituents is 1. The highest BCUT2D eigenvalue weighted by atomic mass is 16.6. The fourth-order valence-electron chi connectivity index (χ4n) is 3.62. The summed E-state index contributed by atoms with van der Waals surface area (Å²) < 4.78 is 0. The molecule has 1 heterocycles. The molecular formula is C24H20N4O4. The Balaban J connectivity index is 1.74. The number of carbonyl (C=O) groups excluding carboxylic acids is 1. The summed E-state index contributed by atoms with van der Waals surface area (Å²) >= 11 is 0. The Hall–Kier alpha value is -4.33. The van der Waals surface area contributed by atoms with Gasteiger partial charge in [0.15, 0.2) is 0 Å². The van der Waals surface area contributed by atoms with Gasteiger partial charge in [-0.05, 0) is 30.7 Å². The Morgan fingerprint density at radius 2 is 1.72 bits per heavy atom. The van der Waals surface area contributed by atoms with Gasteiger partial charge in [-0.3, -0.25) is 19.7 Å². The van der Waals surface area contributed by atoms with E-state index in [4.69, 9.17) is 0 Å². The number of nitrogens with zero attached hydrogens (tertiary/aromatic N) is 3. The highest BCUT2D eigenvalue weighted by Gasteiger charge is 2.23. The summed E-state index contributed by atoms with van der Waals surface area (Å²) in [5.41, 5.74) is 1.53. The maximum absolute atomic E-state index is 13.5. The number of para-hydroxylation sites is 1. The van der Waals surface area contributed by atoms with Crippen LogP contribution in [0.3, 0.4) is 0 Å². The molecule has 0 spiro atoms. The molecule has 1 amide bonds. The minimum atomic E-state index is -0.504. The molecule has 0 aliphatic rings. The highest BCUT2D eigenvalue weighted by molar-refractivity contribution is 5.96. The Morgan fingerprint density at radius 3 is 2.47 bits per heavy atom. The molecule has 0 radical (unpaired) electrons. The van der Waals surface area contributed by atoms with E-state index in [1.54, 1.807) is 37.3 Å². The SMILES string of the molecule is Cc1c(C(=O)N(Cc2ccccc2)Cc2nc3ccccc3c(=O)[nH]2)cccc1[N+](=O)[O-]. The number of carbonyl (C=O) groups is 1. The largest absolute Gasteiger partial charge is 0.327 e. The van der Waals surface area contributed by atoms with E-state index in [9.17, 15) is 19.7 Å². The number of nitrogens with one attached hydrogen (secondary N) is 1. The first-order valence-electron chi connectivity index (χ1n) is 9.99. The Morgan fingerprint density at radius 1 is 1.00 bits per heavy atom. The van der Waals surface area contributed by atoms with Gasteiger partial charge in [0.1, 0.15) is 5.82 Å². The zero-order chi connectivity index (χ0) is 22.7. The summed E-state index contributed by atoms with van der Waals surface area (Å²) in [6.07, 6.45) is 0. The van der Waals surface area contributed by atoms with Crippen LogP contribution in [0.4, 0.5) is 5.69 Å². The summed E-state index contributed by atoms with van der Waals surface area (Å²) in [7, 11) is 0. The molecule has 1 aromatic heterocycles. The molecule has 3 aromatic carbocycles. The van der Waals surface area contributed by atoms with Crippen LogP contribution < -0.4 is 5.56 Å². The molecule has 0 saturated heterocycles. The predicted molar refractivity (Wildman–Crippen MR) is 120 cm³/mol. The lowest BCUT2D eigenvalue weighted by atomic mass is 10.0. The quantitative estimate of drug-likeness (QED) is 0.369. The van der Waals surface area contributed by atoms with E-state index < -0.39 is 4.92 Å². The van der Waals surface area contributed by atoms with Crippen molar-refractivity contribution in [1.82, 2.24) is 14.9 Å². The number of benzene rings is 3. The van der Waals surface area contributed by atoms with Crippen molar-refractivity contribution in [3.63, 3.8) is 0 Å². The smallest absolute Gasteiger partial charge is 0.273 e. The molecule has 4 rings (SSSR count). The third-order valence-electron chi connectivity index (χ3n) is 5.24. The highest BCUT2D eigenvalue weighted by Crippen LogP contribution is 2.23. The van der Waals surface area contributed by atoms with E-state index in [2.05, 4.69) is 9.97 Å². The van der Waals surface area contributed by atoms with Gasteiger partial charge in [0.05, 0.1) is 22.4 Å². The van der Waals surface area contributed by atoms with Gasteiger partial charge in [-0.15, -0.1) is 0 Å². The number of hydrogen-bond donors (Lipinski definition) is 1. The van der Waals surface area contributed by atoms with Crippen LogP contribution in [0.1, 0.15) is 27.3 Å². The van der Waals surface area contributed by atoms with Gasteiger partial charge in [-0.2, -0.15) is 0 Å². The number of aromatic nitrogens is 2. The third kappa shape index (κ3) is 4.24. The van der Waals surface area contributed by atoms with Gasteiger partial charge in [0, 0.05) is 23.7 Å². The summed E-state index contributed by atoms with van der Waals surface area (Å²) in [5.74, 6) is -0.0491. The van der Waals surface area contributed by atoms with Crippen LogP contribution in [-0.2, 0) is 13.1 Å². The number of rotatable bonds is 6. The summed E-state index contributed by atoms with van der Waals surface area (Å²) in [6, 6.07) is 20.8. The van der Waals surface area contributed by atoms with E-state index in [0.717, 1.165) is 5.56 Å². The fraction of sp³-hybridized carbons (Fsp3) is 0.125. The summed E-state index contributed by atoms with van der Waals surface area (Å²) in [5, 5.41) is 11.8. The zero-order valence-corrected chi connectivity index (χ0v) is 17.3. The van der Waals surface area contributed by atoms with E-state index in [1.165, 1.54) is 17.0 Å². The second kappa shape index (κ2) is 8.81. The standard InChI is InChI=1S/C24H20N4O4/c1-16-18(11-7-13-21(16)28(31)32)24(30)27(14-17-8-3-2-4-9-17)15-22-25-20-12-6-5-10-19(20)23(29)26-22/h2-13H,14-15H2,1H3,(H,25,26,29). The molecule has 0 aliphatic carbocycles. The average Bonchev–Trinajstić information content (AvgIpc) is 2.79. The van der Waals surface area contributed by atoms with Gasteiger partial charge in [0.2, 0.25) is 0 Å². The van der Waals surface area contributed by atoms with Crippen molar-refractivity contribution in [3.05, 3.63) is 116 Å². The number of hydrogen-bond acceptors (Lipinski definition) is 5. The Labute approximate surface area is 183 Å². The van der Waals surface area contributed by atoms with E-state index in [0.29, 0.717) is 22.3 Å². The second-order valence-electron chi connectivity index (χ2n) is 7.38. The van der Waals surface area contributed by atoms with Crippen molar-refractivity contribution < 1.29 is 9.72 Å². The van der Waals surface area contributed by atoms with Crippen LogP contribution >= 0.6 is 0 Å². The lowest BCUT2D eigenvalue weighted by molar-refractivity contribution is -0.385. The molecule has 0 unspecified atom stereocenters. The van der Waals surface area contributed by atoms with Gasteiger partial charge in [-0.1, -0.05) is 48.5 Å². The molecule has 0 aliphatic heterocycles.